The number of nitrogen functional groups attached to an aromatic ring is 1. The van der Waals surface area contributed by atoms with Gasteiger partial charge in [0, 0.05) is 26.3 Å². The van der Waals surface area contributed by atoms with Gasteiger partial charge in [0.2, 0.25) is 0 Å². The molecule has 0 aliphatic rings. The second kappa shape index (κ2) is 5.31. The van der Waals surface area contributed by atoms with E-state index in [1.165, 1.54) is 0 Å². The Bertz CT molecular complexity index is 575. The quantitative estimate of drug-likeness (QED) is 0.640. The number of benzene rings is 2. The molecule has 2 rings (SSSR count). The number of anilines is 1. The summed E-state index contributed by atoms with van der Waals surface area (Å²) >= 11 is 15.2. The number of ketones is 1. The summed E-state index contributed by atoms with van der Waals surface area (Å²) in [4.78, 5) is 12.3. The van der Waals surface area contributed by atoms with Gasteiger partial charge in [0.1, 0.15) is 0 Å². The lowest BCUT2D eigenvalue weighted by atomic mass is 10.0. The molecule has 2 aromatic rings. The summed E-state index contributed by atoms with van der Waals surface area (Å²) in [5.41, 5.74) is 7.03. The molecule has 0 spiro atoms. The van der Waals surface area contributed by atoms with Crippen molar-refractivity contribution in [3.05, 3.63) is 62.0 Å². The fourth-order valence-corrected chi connectivity index (χ4v) is 2.67. The average molecular weight is 345 g/mol. The minimum atomic E-state index is -0.177. The highest BCUT2D eigenvalue weighted by molar-refractivity contribution is 9.10. The molecule has 0 unspecified atom stereocenters. The van der Waals surface area contributed by atoms with Gasteiger partial charge in [-0.05, 0) is 52.3 Å². The monoisotopic (exact) mass is 343 g/mol. The Kier molecular flexibility index (Phi) is 3.95. The van der Waals surface area contributed by atoms with E-state index in [1.54, 1.807) is 36.4 Å². The lowest BCUT2D eigenvalue weighted by Crippen LogP contribution is -2.03. The lowest BCUT2D eigenvalue weighted by Gasteiger charge is -2.06. The summed E-state index contributed by atoms with van der Waals surface area (Å²) in [5.74, 6) is -0.177. The van der Waals surface area contributed by atoms with Crippen molar-refractivity contribution in [1.82, 2.24) is 0 Å². The molecule has 0 saturated heterocycles. The van der Waals surface area contributed by atoms with Crippen LogP contribution in [0.15, 0.2) is 40.9 Å². The molecule has 0 atom stereocenters. The number of nitrogens with two attached hydrogens (primary N) is 1. The van der Waals surface area contributed by atoms with Crippen LogP contribution in [0, 0.1) is 0 Å². The summed E-state index contributed by atoms with van der Waals surface area (Å²) in [6, 6.07) is 9.79. The highest BCUT2D eigenvalue weighted by Gasteiger charge is 2.15. The fraction of sp³-hybridized carbons (Fsp3) is 0. The van der Waals surface area contributed by atoms with Gasteiger partial charge in [-0.15, -0.1) is 0 Å². The largest absolute Gasteiger partial charge is 0.399 e. The van der Waals surface area contributed by atoms with E-state index < -0.39 is 0 Å². The summed E-state index contributed by atoms with van der Waals surface area (Å²) in [6.45, 7) is 0. The summed E-state index contributed by atoms with van der Waals surface area (Å²) < 4.78 is 0.632. The maximum Gasteiger partial charge on any atom is 0.195 e. The Hall–Kier alpha value is -1.03. The van der Waals surface area contributed by atoms with Crippen LogP contribution in [0.5, 0.6) is 0 Å². The SMILES string of the molecule is Nc1ccc(C(=O)c2ccc(Cl)cc2Br)c(Cl)c1. The van der Waals surface area contributed by atoms with Crippen LogP contribution < -0.4 is 5.73 Å². The first kappa shape index (κ1) is 13.4. The molecule has 0 aromatic heterocycles. The predicted octanol–water partition coefficient (Wildman–Crippen LogP) is 4.57. The highest BCUT2D eigenvalue weighted by atomic mass is 79.9. The zero-order valence-corrected chi connectivity index (χ0v) is 12.2. The Morgan fingerprint density at radius 2 is 1.72 bits per heavy atom. The van der Waals surface area contributed by atoms with E-state index in [0.717, 1.165) is 0 Å². The number of carbonyl (C=O) groups excluding carboxylic acids is 1. The first-order chi connectivity index (χ1) is 8.49. The first-order valence-electron chi connectivity index (χ1n) is 5.04. The van der Waals surface area contributed by atoms with Crippen molar-refractivity contribution in [2.75, 3.05) is 5.73 Å². The molecular weight excluding hydrogens is 337 g/mol. The zero-order chi connectivity index (χ0) is 13.3. The Morgan fingerprint density at radius 3 is 2.33 bits per heavy atom. The normalized spacial score (nSPS) is 10.4. The van der Waals surface area contributed by atoms with Gasteiger partial charge in [-0.25, -0.2) is 0 Å². The maximum absolute atomic E-state index is 12.3. The van der Waals surface area contributed by atoms with Gasteiger partial charge in [-0.1, -0.05) is 23.2 Å². The molecule has 0 amide bonds. The van der Waals surface area contributed by atoms with Gasteiger partial charge in [-0.2, -0.15) is 0 Å². The predicted molar refractivity (Wildman–Crippen MR) is 78.4 cm³/mol. The van der Waals surface area contributed by atoms with Crippen LogP contribution in [0.25, 0.3) is 0 Å². The Labute approximate surface area is 123 Å². The minimum Gasteiger partial charge on any atom is -0.399 e. The summed E-state index contributed by atoms with van der Waals surface area (Å²) in [5, 5.41) is 0.892. The zero-order valence-electron chi connectivity index (χ0n) is 9.08. The van der Waals surface area contributed by atoms with Crippen molar-refractivity contribution in [1.29, 1.82) is 0 Å². The molecule has 0 aliphatic heterocycles. The molecule has 92 valence electrons. The molecule has 18 heavy (non-hydrogen) atoms. The van der Waals surface area contributed by atoms with Crippen LogP contribution in [0.1, 0.15) is 15.9 Å². The van der Waals surface area contributed by atoms with Crippen molar-refractivity contribution in [3.8, 4) is 0 Å². The van der Waals surface area contributed by atoms with Gasteiger partial charge in [0.15, 0.2) is 5.78 Å². The topological polar surface area (TPSA) is 43.1 Å². The van der Waals surface area contributed by atoms with Gasteiger partial charge in [0.25, 0.3) is 0 Å². The highest BCUT2D eigenvalue weighted by Crippen LogP contribution is 2.27. The number of rotatable bonds is 2. The van der Waals surface area contributed by atoms with Gasteiger partial charge in [-0.3, -0.25) is 4.79 Å². The molecule has 0 aliphatic carbocycles. The van der Waals surface area contributed by atoms with E-state index in [9.17, 15) is 4.79 Å². The van der Waals surface area contributed by atoms with Crippen LogP contribution in [0.2, 0.25) is 10.0 Å². The average Bonchev–Trinajstić information content (AvgIpc) is 2.28. The van der Waals surface area contributed by atoms with Gasteiger partial charge < -0.3 is 5.73 Å². The smallest absolute Gasteiger partial charge is 0.195 e. The number of carbonyl (C=O) groups is 1. The molecule has 0 fully saturated rings. The van der Waals surface area contributed by atoms with Gasteiger partial charge >= 0.3 is 0 Å². The minimum absolute atomic E-state index is 0.177. The molecule has 0 radical (unpaired) electrons. The van der Waals surface area contributed by atoms with Crippen LogP contribution >= 0.6 is 39.1 Å². The second-order valence-corrected chi connectivity index (χ2v) is 5.39. The summed E-state index contributed by atoms with van der Waals surface area (Å²) in [7, 11) is 0. The van der Waals surface area contributed by atoms with Crippen LogP contribution in [-0.2, 0) is 0 Å². The molecule has 0 heterocycles. The molecule has 0 saturated carbocycles. The lowest BCUT2D eigenvalue weighted by molar-refractivity contribution is 0.103. The van der Waals surface area contributed by atoms with Crippen molar-refractivity contribution >= 4 is 50.6 Å². The number of hydrogen-bond donors (Lipinski definition) is 1. The van der Waals surface area contributed by atoms with E-state index in [2.05, 4.69) is 15.9 Å². The molecular formula is C13H8BrCl2NO. The molecule has 2 nitrogen and oxygen atoms in total. The number of hydrogen-bond acceptors (Lipinski definition) is 2. The summed E-state index contributed by atoms with van der Waals surface area (Å²) in [6.07, 6.45) is 0. The van der Waals surface area contributed by atoms with Crippen molar-refractivity contribution in [2.45, 2.75) is 0 Å². The van der Waals surface area contributed by atoms with Crippen LogP contribution in [0.3, 0.4) is 0 Å². The van der Waals surface area contributed by atoms with E-state index in [4.69, 9.17) is 28.9 Å². The van der Waals surface area contributed by atoms with E-state index in [1.807, 2.05) is 0 Å². The number of halogens is 3. The second-order valence-electron chi connectivity index (χ2n) is 3.69. The molecule has 5 heteroatoms. The van der Waals surface area contributed by atoms with Crippen molar-refractivity contribution in [2.24, 2.45) is 0 Å². The van der Waals surface area contributed by atoms with Crippen molar-refractivity contribution < 1.29 is 4.79 Å². The first-order valence-corrected chi connectivity index (χ1v) is 6.58. The van der Waals surface area contributed by atoms with E-state index >= 15 is 0 Å². The van der Waals surface area contributed by atoms with E-state index in [-0.39, 0.29) is 5.78 Å². The third-order valence-electron chi connectivity index (χ3n) is 2.41. The standard InChI is InChI=1S/C13H8BrCl2NO/c14-11-5-7(15)1-3-9(11)13(18)10-4-2-8(17)6-12(10)16/h1-6H,17H2. The van der Waals surface area contributed by atoms with Gasteiger partial charge in [0.05, 0.1) is 5.02 Å². The Balaban J connectivity index is 2.48. The van der Waals surface area contributed by atoms with E-state index in [0.29, 0.717) is 31.3 Å². The molecule has 2 aromatic carbocycles. The van der Waals surface area contributed by atoms with Crippen LogP contribution in [0.4, 0.5) is 5.69 Å². The molecule has 2 N–H and O–H groups in total. The third-order valence-corrected chi connectivity index (χ3v) is 3.62. The fourth-order valence-electron chi connectivity index (χ4n) is 1.53. The maximum atomic E-state index is 12.3. The third kappa shape index (κ3) is 2.69. The Morgan fingerprint density at radius 1 is 1.06 bits per heavy atom. The van der Waals surface area contributed by atoms with Crippen molar-refractivity contribution in [3.63, 3.8) is 0 Å². The molecule has 0 bridgehead atoms. The van der Waals surface area contributed by atoms with Crippen LogP contribution in [-0.4, -0.2) is 5.78 Å².